The van der Waals surface area contributed by atoms with E-state index in [-0.39, 0.29) is 11.9 Å². The highest BCUT2D eigenvalue weighted by Gasteiger charge is 2.13. The molecular formula is C19H24N2O3. The average Bonchev–Trinajstić information content (AvgIpc) is 2.61. The molecule has 0 spiro atoms. The Morgan fingerprint density at radius 2 is 1.79 bits per heavy atom. The van der Waals surface area contributed by atoms with Crippen LogP contribution in [0.1, 0.15) is 23.7 Å². The number of amides is 1. The second-order valence-corrected chi connectivity index (χ2v) is 5.56. The molecule has 2 aromatic rings. The van der Waals surface area contributed by atoms with E-state index in [1.54, 1.807) is 14.2 Å². The molecule has 128 valence electrons. The van der Waals surface area contributed by atoms with Gasteiger partial charge < -0.3 is 20.1 Å². The number of benzene rings is 2. The first kappa shape index (κ1) is 17.8. The number of hydrogen-bond donors (Lipinski definition) is 2. The van der Waals surface area contributed by atoms with Crippen molar-refractivity contribution in [1.29, 1.82) is 0 Å². The smallest absolute Gasteiger partial charge is 0.253 e. The van der Waals surface area contributed by atoms with E-state index in [0.29, 0.717) is 12.2 Å². The van der Waals surface area contributed by atoms with Crippen LogP contribution in [0.25, 0.3) is 0 Å². The van der Waals surface area contributed by atoms with E-state index in [1.165, 1.54) is 0 Å². The molecule has 0 aliphatic heterocycles. The molecule has 1 unspecified atom stereocenters. The minimum absolute atomic E-state index is 0.0477. The standard InChI is InChI=1S/C19H24N2O3/c1-14(12-13-23-2)20-19(22)17-6-4-5-7-18(17)21-15-8-10-16(24-3)11-9-15/h4-11,14,21H,12-13H2,1-3H3,(H,20,22). The van der Waals surface area contributed by atoms with Crippen molar-refractivity contribution in [1.82, 2.24) is 5.32 Å². The molecule has 0 aromatic heterocycles. The Balaban J connectivity index is 2.09. The first-order chi connectivity index (χ1) is 11.6. The molecule has 1 atom stereocenters. The highest BCUT2D eigenvalue weighted by molar-refractivity contribution is 6.00. The number of anilines is 2. The molecule has 0 saturated heterocycles. The Labute approximate surface area is 143 Å². The molecule has 2 N–H and O–H groups in total. The Morgan fingerprint density at radius 3 is 2.46 bits per heavy atom. The molecule has 2 rings (SSSR count). The van der Waals surface area contributed by atoms with Crippen LogP contribution in [-0.2, 0) is 4.74 Å². The SMILES string of the molecule is COCCC(C)NC(=O)c1ccccc1Nc1ccc(OC)cc1. The predicted molar refractivity (Wildman–Crippen MR) is 96.1 cm³/mol. The van der Waals surface area contributed by atoms with Gasteiger partial charge in [-0.05, 0) is 49.7 Å². The summed E-state index contributed by atoms with van der Waals surface area (Å²) < 4.78 is 10.2. The lowest BCUT2D eigenvalue weighted by atomic mass is 10.1. The number of para-hydroxylation sites is 1. The van der Waals surface area contributed by atoms with Gasteiger partial charge in [-0.1, -0.05) is 12.1 Å². The van der Waals surface area contributed by atoms with Crippen molar-refractivity contribution >= 4 is 17.3 Å². The zero-order chi connectivity index (χ0) is 17.4. The van der Waals surface area contributed by atoms with Gasteiger partial charge in [0.25, 0.3) is 5.91 Å². The summed E-state index contributed by atoms with van der Waals surface area (Å²) in [6.07, 6.45) is 0.774. The van der Waals surface area contributed by atoms with E-state index in [2.05, 4.69) is 10.6 Å². The number of rotatable bonds is 8. The molecule has 5 nitrogen and oxygen atoms in total. The summed E-state index contributed by atoms with van der Waals surface area (Å²) in [5.74, 6) is 0.689. The van der Waals surface area contributed by atoms with Gasteiger partial charge in [0.1, 0.15) is 5.75 Å². The fourth-order valence-corrected chi connectivity index (χ4v) is 2.29. The van der Waals surface area contributed by atoms with Gasteiger partial charge in [-0.2, -0.15) is 0 Å². The van der Waals surface area contributed by atoms with Gasteiger partial charge in [-0.25, -0.2) is 0 Å². The van der Waals surface area contributed by atoms with Gasteiger partial charge in [0.05, 0.1) is 18.4 Å². The quantitative estimate of drug-likeness (QED) is 0.777. The van der Waals surface area contributed by atoms with Gasteiger partial charge >= 0.3 is 0 Å². The van der Waals surface area contributed by atoms with Crippen LogP contribution in [0.2, 0.25) is 0 Å². The molecule has 0 aliphatic carbocycles. The average molecular weight is 328 g/mol. The van der Waals surface area contributed by atoms with E-state index in [4.69, 9.17) is 9.47 Å². The topological polar surface area (TPSA) is 59.6 Å². The number of methoxy groups -OCH3 is 2. The maximum absolute atomic E-state index is 12.5. The highest BCUT2D eigenvalue weighted by Crippen LogP contribution is 2.23. The summed E-state index contributed by atoms with van der Waals surface area (Å²) in [6.45, 7) is 2.59. The van der Waals surface area contributed by atoms with Crippen molar-refractivity contribution in [3.05, 3.63) is 54.1 Å². The number of nitrogens with one attached hydrogen (secondary N) is 2. The van der Waals surface area contributed by atoms with Crippen LogP contribution in [0, 0.1) is 0 Å². The molecule has 24 heavy (non-hydrogen) atoms. The summed E-state index contributed by atoms with van der Waals surface area (Å²) in [5, 5.41) is 6.28. The first-order valence-electron chi connectivity index (χ1n) is 7.94. The Hall–Kier alpha value is -2.53. The van der Waals surface area contributed by atoms with Gasteiger partial charge in [-0.15, -0.1) is 0 Å². The molecule has 5 heteroatoms. The van der Waals surface area contributed by atoms with Crippen molar-refractivity contribution in [2.75, 3.05) is 26.1 Å². The van der Waals surface area contributed by atoms with Crippen molar-refractivity contribution in [2.45, 2.75) is 19.4 Å². The second kappa shape index (κ2) is 8.93. The predicted octanol–water partition coefficient (Wildman–Crippen LogP) is 3.59. The van der Waals surface area contributed by atoms with E-state index in [1.807, 2.05) is 55.5 Å². The van der Waals surface area contributed by atoms with Gasteiger partial charge in [-0.3, -0.25) is 4.79 Å². The lowest BCUT2D eigenvalue weighted by Crippen LogP contribution is -2.33. The van der Waals surface area contributed by atoms with Gasteiger partial charge in [0.15, 0.2) is 0 Å². The van der Waals surface area contributed by atoms with Crippen molar-refractivity contribution in [2.24, 2.45) is 0 Å². The fraction of sp³-hybridized carbons (Fsp3) is 0.316. The molecule has 0 fully saturated rings. The molecule has 1 amide bonds. The van der Waals surface area contributed by atoms with Crippen molar-refractivity contribution in [3.8, 4) is 5.75 Å². The Morgan fingerprint density at radius 1 is 1.08 bits per heavy atom. The molecule has 0 saturated carbocycles. The van der Waals surface area contributed by atoms with Crippen LogP contribution in [0.4, 0.5) is 11.4 Å². The third kappa shape index (κ3) is 4.99. The summed E-state index contributed by atoms with van der Waals surface area (Å²) in [5.41, 5.74) is 2.26. The van der Waals surface area contributed by atoms with Gasteiger partial charge in [0, 0.05) is 25.4 Å². The third-order valence-corrected chi connectivity index (χ3v) is 3.67. The molecule has 0 aliphatic rings. The minimum atomic E-state index is -0.102. The lowest BCUT2D eigenvalue weighted by molar-refractivity contribution is 0.0930. The minimum Gasteiger partial charge on any atom is -0.497 e. The van der Waals surface area contributed by atoms with E-state index >= 15 is 0 Å². The van der Waals surface area contributed by atoms with Crippen molar-refractivity contribution in [3.63, 3.8) is 0 Å². The zero-order valence-electron chi connectivity index (χ0n) is 14.3. The number of ether oxygens (including phenoxy) is 2. The monoisotopic (exact) mass is 328 g/mol. The highest BCUT2D eigenvalue weighted by atomic mass is 16.5. The number of carbonyl (C=O) groups excluding carboxylic acids is 1. The van der Waals surface area contributed by atoms with Crippen LogP contribution in [0.5, 0.6) is 5.75 Å². The summed E-state index contributed by atoms with van der Waals surface area (Å²) in [4.78, 5) is 12.5. The van der Waals surface area contributed by atoms with E-state index < -0.39 is 0 Å². The number of hydrogen-bond acceptors (Lipinski definition) is 4. The zero-order valence-corrected chi connectivity index (χ0v) is 14.3. The third-order valence-electron chi connectivity index (χ3n) is 3.67. The largest absolute Gasteiger partial charge is 0.497 e. The second-order valence-electron chi connectivity index (χ2n) is 5.56. The summed E-state index contributed by atoms with van der Waals surface area (Å²) in [6, 6.07) is 15.1. The first-order valence-corrected chi connectivity index (χ1v) is 7.94. The van der Waals surface area contributed by atoms with Crippen LogP contribution in [0.15, 0.2) is 48.5 Å². The van der Waals surface area contributed by atoms with E-state index in [9.17, 15) is 4.79 Å². The molecule has 0 bridgehead atoms. The maximum atomic E-state index is 12.5. The Kier molecular flexibility index (Phi) is 6.63. The normalized spacial score (nSPS) is 11.6. The summed E-state index contributed by atoms with van der Waals surface area (Å²) >= 11 is 0. The molecule has 0 radical (unpaired) electrons. The lowest BCUT2D eigenvalue weighted by Gasteiger charge is -2.16. The van der Waals surface area contributed by atoms with Crippen LogP contribution < -0.4 is 15.4 Å². The molecule has 0 heterocycles. The number of carbonyl (C=O) groups is 1. The van der Waals surface area contributed by atoms with Gasteiger partial charge in [0.2, 0.25) is 0 Å². The van der Waals surface area contributed by atoms with Crippen LogP contribution in [-0.4, -0.2) is 32.8 Å². The van der Waals surface area contributed by atoms with E-state index in [0.717, 1.165) is 23.5 Å². The fourth-order valence-electron chi connectivity index (χ4n) is 2.29. The maximum Gasteiger partial charge on any atom is 0.253 e. The van der Waals surface area contributed by atoms with Crippen LogP contribution >= 0.6 is 0 Å². The summed E-state index contributed by atoms with van der Waals surface area (Å²) in [7, 11) is 3.29. The molecular weight excluding hydrogens is 304 g/mol. The van der Waals surface area contributed by atoms with Crippen molar-refractivity contribution < 1.29 is 14.3 Å². The Bertz CT molecular complexity index is 656. The van der Waals surface area contributed by atoms with Crippen LogP contribution in [0.3, 0.4) is 0 Å². The molecule has 2 aromatic carbocycles.